The highest BCUT2D eigenvalue weighted by atomic mass is 16.5. The van der Waals surface area contributed by atoms with Crippen LogP contribution < -0.4 is 10.6 Å². The molecule has 0 fully saturated rings. The van der Waals surface area contributed by atoms with Crippen LogP contribution in [0.25, 0.3) is 0 Å². The van der Waals surface area contributed by atoms with Crippen molar-refractivity contribution in [2.75, 3.05) is 27.4 Å². The number of hydrogen-bond acceptors (Lipinski definition) is 7. The van der Waals surface area contributed by atoms with Crippen LogP contribution in [0.4, 0.5) is 0 Å². The van der Waals surface area contributed by atoms with Gasteiger partial charge in [0.15, 0.2) is 0 Å². The minimum Gasteiger partial charge on any atom is -0.454 e. The number of aliphatic hydroxyl groups excluding tert-OH is 1. The van der Waals surface area contributed by atoms with E-state index in [1.165, 1.54) is 5.57 Å². The zero-order chi connectivity index (χ0) is 37.5. The molecule has 1 aliphatic rings. The van der Waals surface area contributed by atoms with Crippen molar-refractivity contribution >= 4 is 18.3 Å². The number of cyclic esters (lactones) is 1. The van der Waals surface area contributed by atoms with Gasteiger partial charge >= 0.3 is 5.97 Å². The molecule has 1 aliphatic heterocycles. The fourth-order valence-electron chi connectivity index (χ4n) is 5.05. The number of carbonyl (C=O) groups excluding carboxylic acids is 3. The van der Waals surface area contributed by atoms with Crippen LogP contribution in [0.1, 0.15) is 67.7 Å². The van der Waals surface area contributed by atoms with E-state index in [2.05, 4.69) is 41.9 Å². The van der Waals surface area contributed by atoms with Crippen LogP contribution in [0.15, 0.2) is 107 Å². The van der Waals surface area contributed by atoms with Crippen LogP contribution in [0.2, 0.25) is 0 Å². The number of methoxy groups -OCH3 is 2. The van der Waals surface area contributed by atoms with Crippen molar-refractivity contribution in [1.29, 1.82) is 0 Å². The number of aliphatic hydroxyl groups is 1. The number of rotatable bonds is 10. The highest BCUT2D eigenvalue weighted by Crippen LogP contribution is 2.21. The monoisotopic (exact) mass is 692 g/mol. The molecule has 276 valence electrons. The molecule has 0 spiro atoms. The molecule has 3 N–H and O–H groups in total. The van der Waals surface area contributed by atoms with Crippen LogP contribution in [0.5, 0.6) is 0 Å². The number of amides is 2. The third kappa shape index (κ3) is 18.1. The first kappa shape index (κ1) is 44.0. The summed E-state index contributed by atoms with van der Waals surface area (Å²) in [5.74, 6) is -1.06. The molecule has 0 aromatic rings. The Morgan fingerprint density at radius 2 is 1.70 bits per heavy atom. The molecule has 0 bridgehead atoms. The lowest BCUT2D eigenvalue weighted by Crippen LogP contribution is -2.46. The molecule has 0 aliphatic carbocycles. The normalized spacial score (nSPS) is 30.3. The van der Waals surface area contributed by atoms with E-state index in [9.17, 15) is 19.5 Å². The number of esters is 1. The topological polar surface area (TPSA) is 123 Å². The summed E-state index contributed by atoms with van der Waals surface area (Å²) >= 11 is 0. The number of allylic oxidation sites excluding steroid dienone is 11. The van der Waals surface area contributed by atoms with Crippen LogP contribution in [0.3, 0.4) is 0 Å². The highest BCUT2D eigenvalue weighted by molar-refractivity contribution is 5.88. The number of carbonyl (C=O) groups is 3. The Labute approximate surface area is 300 Å². The Hall–Kier alpha value is -4.05. The van der Waals surface area contributed by atoms with Crippen molar-refractivity contribution in [3.8, 4) is 0 Å². The van der Waals surface area contributed by atoms with Crippen molar-refractivity contribution in [1.82, 2.24) is 10.6 Å². The first-order valence-electron chi connectivity index (χ1n) is 17.3. The van der Waals surface area contributed by atoms with Crippen LogP contribution >= 0.6 is 0 Å². The molecule has 0 aromatic heterocycles. The second-order valence-corrected chi connectivity index (χ2v) is 12.8. The van der Waals surface area contributed by atoms with Gasteiger partial charge in [0.2, 0.25) is 12.3 Å². The third-order valence-corrected chi connectivity index (χ3v) is 8.17. The zero-order valence-corrected chi connectivity index (χ0v) is 31.5. The lowest BCUT2D eigenvalue weighted by molar-refractivity contribution is -0.144. The van der Waals surface area contributed by atoms with E-state index in [0.717, 1.165) is 36.0 Å². The smallest absolute Gasteiger partial charge is 0.334 e. The quantitative estimate of drug-likeness (QED) is 0.135. The summed E-state index contributed by atoms with van der Waals surface area (Å²) in [6.45, 7) is 13.4. The van der Waals surface area contributed by atoms with Gasteiger partial charge < -0.3 is 30.0 Å². The Balaban J connectivity index is 3.39. The van der Waals surface area contributed by atoms with Gasteiger partial charge in [-0.1, -0.05) is 110 Å². The first-order chi connectivity index (χ1) is 23.8. The molecule has 0 unspecified atom stereocenters. The molecule has 0 aromatic carbocycles. The molecule has 0 saturated carbocycles. The summed E-state index contributed by atoms with van der Waals surface area (Å²) in [7, 11) is 3.42. The van der Waals surface area contributed by atoms with E-state index < -0.39 is 30.6 Å². The van der Waals surface area contributed by atoms with E-state index >= 15 is 0 Å². The molecule has 1 heterocycles. The highest BCUT2D eigenvalue weighted by Gasteiger charge is 2.22. The zero-order valence-electron chi connectivity index (χ0n) is 31.5. The van der Waals surface area contributed by atoms with Crippen molar-refractivity contribution in [3.05, 3.63) is 107 Å². The van der Waals surface area contributed by atoms with E-state index in [1.807, 2.05) is 89.3 Å². The Kier molecular flexibility index (Phi) is 22.0. The molecule has 0 saturated heterocycles. The minimum absolute atomic E-state index is 0.00986. The predicted molar refractivity (Wildman–Crippen MR) is 202 cm³/mol. The molecule has 0 radical (unpaired) electrons. The molecular formula is C41H60N2O7. The summed E-state index contributed by atoms with van der Waals surface area (Å²) in [6, 6.07) is -1.02. The van der Waals surface area contributed by atoms with Crippen molar-refractivity contribution in [2.24, 2.45) is 11.8 Å². The van der Waals surface area contributed by atoms with E-state index in [4.69, 9.17) is 14.2 Å². The van der Waals surface area contributed by atoms with E-state index in [-0.39, 0.29) is 30.6 Å². The van der Waals surface area contributed by atoms with Gasteiger partial charge in [0.1, 0.15) is 12.1 Å². The largest absolute Gasteiger partial charge is 0.454 e. The SMILES string of the molecule is CO[C@@H]1/C=C(C)/C=C/[C@@H](C)/C=C(/C)C(=O)O[C@H](/C(C)=C/C=C(\C)CNC(=O)[C@H](CO)NC=O)[C@@H](C)/C=C/C=C/[C@H](OC)CC/C=C(C)/C=C/C1. The predicted octanol–water partition coefficient (Wildman–Crippen LogP) is 6.56. The Morgan fingerprint density at radius 3 is 2.36 bits per heavy atom. The van der Waals surface area contributed by atoms with Crippen LogP contribution in [-0.4, -0.2) is 75.1 Å². The average molecular weight is 693 g/mol. The average Bonchev–Trinajstić information content (AvgIpc) is 3.09. The van der Waals surface area contributed by atoms with Crippen molar-refractivity contribution in [2.45, 2.75) is 92.1 Å². The lowest BCUT2D eigenvalue weighted by atomic mass is 9.96. The first-order valence-corrected chi connectivity index (χ1v) is 17.3. The third-order valence-electron chi connectivity index (χ3n) is 8.17. The summed E-state index contributed by atoms with van der Waals surface area (Å²) in [4.78, 5) is 36.3. The van der Waals surface area contributed by atoms with Gasteiger partial charge in [-0.25, -0.2) is 4.79 Å². The van der Waals surface area contributed by atoms with Crippen molar-refractivity contribution in [3.63, 3.8) is 0 Å². The Bertz CT molecular complexity index is 1360. The van der Waals surface area contributed by atoms with Crippen LogP contribution in [0, 0.1) is 11.8 Å². The van der Waals surface area contributed by atoms with Gasteiger partial charge in [-0.3, -0.25) is 9.59 Å². The summed E-state index contributed by atoms with van der Waals surface area (Å²) in [5.41, 5.74) is 4.42. The molecular weight excluding hydrogens is 632 g/mol. The number of hydrogen-bond donors (Lipinski definition) is 3. The molecule has 50 heavy (non-hydrogen) atoms. The van der Waals surface area contributed by atoms with Gasteiger partial charge in [0.05, 0.1) is 18.8 Å². The maximum Gasteiger partial charge on any atom is 0.334 e. The van der Waals surface area contributed by atoms with Crippen molar-refractivity contribution < 1.29 is 33.7 Å². The second-order valence-electron chi connectivity index (χ2n) is 12.8. The second kappa shape index (κ2) is 25.0. The van der Waals surface area contributed by atoms with Gasteiger partial charge in [-0.2, -0.15) is 0 Å². The van der Waals surface area contributed by atoms with Gasteiger partial charge in [0.25, 0.3) is 0 Å². The van der Waals surface area contributed by atoms with Crippen LogP contribution in [-0.2, 0) is 28.6 Å². The maximum atomic E-state index is 13.4. The summed E-state index contributed by atoms with van der Waals surface area (Å²) in [5, 5.41) is 14.3. The van der Waals surface area contributed by atoms with E-state index in [0.29, 0.717) is 12.0 Å². The molecule has 2 amide bonds. The number of ether oxygens (including phenoxy) is 3. The fraction of sp³-hybridized carbons (Fsp3) is 0.488. The maximum absolute atomic E-state index is 13.4. The molecule has 6 atom stereocenters. The molecule has 1 rings (SSSR count). The lowest BCUT2D eigenvalue weighted by Gasteiger charge is -2.23. The fourth-order valence-corrected chi connectivity index (χ4v) is 5.05. The standard InChI is InChI=1S/C41H60N2O7/c1-29-14-12-18-36(48-8)17-11-10-16-33(5)39(34(6)23-22-32(4)26-42-40(46)38(27-44)43-28-45)50-41(47)35(7)24-30(2)20-21-31(3)25-37(49-9)19-13-15-29/h10-11,13-17,20-25,28,30,33,36-39,44H,12,18-19,26-27H2,1-9H3,(H,42,46)(H,43,45)/b15-13+,16-10+,17-11+,21-20+,29-14+,31-25+,32-22+,34-23+,35-24-/t30-,33+,36+,37+,38+,39+/m1/s1. The number of nitrogens with one attached hydrogen (secondary N) is 2. The summed E-state index contributed by atoms with van der Waals surface area (Å²) < 4.78 is 17.5. The van der Waals surface area contributed by atoms with Gasteiger partial charge in [-0.15, -0.1) is 0 Å². The van der Waals surface area contributed by atoms with E-state index in [1.54, 1.807) is 21.1 Å². The van der Waals surface area contributed by atoms with Gasteiger partial charge in [-0.05, 0) is 65.4 Å². The summed E-state index contributed by atoms with van der Waals surface area (Å²) in [6.07, 6.45) is 28.4. The molecule has 9 nitrogen and oxygen atoms in total. The minimum atomic E-state index is -1.02. The Morgan fingerprint density at radius 1 is 1.00 bits per heavy atom. The van der Waals surface area contributed by atoms with Gasteiger partial charge in [0, 0.05) is 32.3 Å². The molecule has 9 heteroatoms.